The van der Waals surface area contributed by atoms with Gasteiger partial charge < -0.3 is 5.11 Å². The van der Waals surface area contributed by atoms with Crippen molar-refractivity contribution in [2.45, 2.75) is 26.2 Å². The van der Waals surface area contributed by atoms with Gasteiger partial charge in [-0.3, -0.25) is 4.79 Å². The maximum atomic E-state index is 11.2. The van der Waals surface area contributed by atoms with Crippen LogP contribution in [-0.2, 0) is 11.2 Å². The van der Waals surface area contributed by atoms with Crippen LogP contribution in [0.15, 0.2) is 54.6 Å². The Balaban J connectivity index is 2.19. The van der Waals surface area contributed by atoms with Crippen molar-refractivity contribution in [3.63, 3.8) is 0 Å². The fraction of sp³-hybridized carbons (Fsp3) is 0.278. The Morgan fingerprint density at radius 2 is 1.75 bits per heavy atom. The van der Waals surface area contributed by atoms with E-state index >= 15 is 0 Å². The van der Waals surface area contributed by atoms with Crippen molar-refractivity contribution in [2.24, 2.45) is 5.92 Å². The van der Waals surface area contributed by atoms with Crippen LogP contribution < -0.4 is 0 Å². The van der Waals surface area contributed by atoms with Crippen LogP contribution in [0.1, 0.15) is 25.3 Å². The summed E-state index contributed by atoms with van der Waals surface area (Å²) in [7, 11) is 0. The lowest BCUT2D eigenvalue weighted by atomic mass is 9.93. The molecule has 0 saturated heterocycles. The summed E-state index contributed by atoms with van der Waals surface area (Å²) in [6.45, 7) is 2.02. The van der Waals surface area contributed by atoms with Gasteiger partial charge in [-0.25, -0.2) is 0 Å². The number of carboxylic acids is 1. The summed E-state index contributed by atoms with van der Waals surface area (Å²) in [6, 6.07) is 18.3. The first kappa shape index (κ1) is 14.3. The molecule has 0 saturated carbocycles. The Morgan fingerprint density at radius 3 is 2.40 bits per heavy atom. The highest BCUT2D eigenvalue weighted by atomic mass is 16.4. The largest absolute Gasteiger partial charge is 0.481 e. The quantitative estimate of drug-likeness (QED) is 0.843. The summed E-state index contributed by atoms with van der Waals surface area (Å²) in [5.41, 5.74) is 3.40. The molecule has 0 fully saturated rings. The van der Waals surface area contributed by atoms with E-state index in [2.05, 4.69) is 24.3 Å². The molecular formula is C18H20O2. The highest BCUT2D eigenvalue weighted by Gasteiger charge is 2.16. The van der Waals surface area contributed by atoms with Crippen molar-refractivity contribution in [3.05, 3.63) is 60.2 Å². The van der Waals surface area contributed by atoms with Gasteiger partial charge in [0.1, 0.15) is 0 Å². The molecule has 0 aromatic heterocycles. The second-order valence-corrected chi connectivity index (χ2v) is 5.09. The van der Waals surface area contributed by atoms with E-state index in [1.807, 2.05) is 37.3 Å². The monoisotopic (exact) mass is 268 g/mol. The van der Waals surface area contributed by atoms with Gasteiger partial charge in [0, 0.05) is 0 Å². The van der Waals surface area contributed by atoms with Crippen LogP contribution in [0.4, 0.5) is 0 Å². The van der Waals surface area contributed by atoms with Gasteiger partial charge in [0.05, 0.1) is 5.92 Å². The maximum absolute atomic E-state index is 11.2. The third-order valence-corrected chi connectivity index (χ3v) is 3.50. The van der Waals surface area contributed by atoms with Crippen molar-refractivity contribution < 1.29 is 9.90 Å². The van der Waals surface area contributed by atoms with Crippen LogP contribution >= 0.6 is 0 Å². The first-order valence-electron chi connectivity index (χ1n) is 7.08. The number of benzene rings is 2. The molecule has 2 nitrogen and oxygen atoms in total. The molecule has 0 amide bonds. The van der Waals surface area contributed by atoms with E-state index in [1.165, 1.54) is 0 Å². The van der Waals surface area contributed by atoms with Gasteiger partial charge in [0.25, 0.3) is 0 Å². The zero-order valence-corrected chi connectivity index (χ0v) is 11.8. The Bertz CT molecular complexity index is 561. The summed E-state index contributed by atoms with van der Waals surface area (Å²) >= 11 is 0. The Morgan fingerprint density at radius 1 is 1.05 bits per heavy atom. The lowest BCUT2D eigenvalue weighted by molar-refractivity contribution is -0.141. The van der Waals surface area contributed by atoms with E-state index in [4.69, 9.17) is 0 Å². The van der Waals surface area contributed by atoms with E-state index in [0.717, 1.165) is 29.5 Å². The lowest BCUT2D eigenvalue weighted by Crippen LogP contribution is -2.16. The molecule has 20 heavy (non-hydrogen) atoms. The molecule has 0 bridgehead atoms. The third-order valence-electron chi connectivity index (χ3n) is 3.50. The van der Waals surface area contributed by atoms with E-state index < -0.39 is 5.97 Å². The smallest absolute Gasteiger partial charge is 0.306 e. The minimum atomic E-state index is -0.697. The number of hydrogen-bond donors (Lipinski definition) is 1. The fourth-order valence-corrected chi connectivity index (χ4v) is 2.45. The van der Waals surface area contributed by atoms with Crippen molar-refractivity contribution in [3.8, 4) is 11.1 Å². The second kappa shape index (κ2) is 6.90. The molecule has 0 aliphatic carbocycles. The predicted molar refractivity (Wildman–Crippen MR) is 81.6 cm³/mol. The summed E-state index contributed by atoms with van der Waals surface area (Å²) in [6.07, 6.45) is 2.23. The second-order valence-electron chi connectivity index (χ2n) is 5.09. The molecule has 0 heterocycles. The molecule has 0 aliphatic heterocycles. The number of aliphatic carboxylic acids is 1. The van der Waals surface area contributed by atoms with Crippen molar-refractivity contribution in [1.29, 1.82) is 0 Å². The predicted octanol–water partition coefficient (Wildman–Crippen LogP) is 4.40. The zero-order chi connectivity index (χ0) is 14.4. The van der Waals surface area contributed by atoms with Crippen molar-refractivity contribution in [2.75, 3.05) is 0 Å². The first-order valence-corrected chi connectivity index (χ1v) is 7.08. The highest BCUT2D eigenvalue weighted by Crippen LogP contribution is 2.22. The minimum absolute atomic E-state index is 0.286. The normalized spacial score (nSPS) is 12.1. The summed E-state index contributed by atoms with van der Waals surface area (Å²) < 4.78 is 0. The SMILES string of the molecule is CCC[C@H](Cc1cccc(-c2ccccc2)c1)C(=O)O. The molecule has 2 aromatic carbocycles. The van der Waals surface area contributed by atoms with Crippen LogP contribution in [0.2, 0.25) is 0 Å². The lowest BCUT2D eigenvalue weighted by Gasteiger charge is -2.12. The summed E-state index contributed by atoms with van der Waals surface area (Å²) in [5, 5.41) is 9.25. The van der Waals surface area contributed by atoms with Crippen LogP contribution in [0, 0.1) is 5.92 Å². The molecule has 2 rings (SSSR count). The van der Waals surface area contributed by atoms with Crippen molar-refractivity contribution in [1.82, 2.24) is 0 Å². The first-order chi connectivity index (χ1) is 9.70. The van der Waals surface area contributed by atoms with Gasteiger partial charge in [0.2, 0.25) is 0 Å². The van der Waals surface area contributed by atoms with E-state index in [1.54, 1.807) is 0 Å². The number of hydrogen-bond acceptors (Lipinski definition) is 1. The summed E-state index contributed by atoms with van der Waals surface area (Å²) in [5.74, 6) is -0.983. The molecule has 0 unspecified atom stereocenters. The average molecular weight is 268 g/mol. The van der Waals surface area contributed by atoms with E-state index in [9.17, 15) is 9.90 Å². The van der Waals surface area contributed by atoms with Gasteiger partial charge in [-0.05, 0) is 29.5 Å². The standard InChI is InChI=1S/C18H20O2/c1-2-7-17(18(19)20)13-14-8-6-11-16(12-14)15-9-4-3-5-10-15/h3-6,8-12,17H,2,7,13H2,1H3,(H,19,20)/t17-/m1/s1. The average Bonchev–Trinajstić information content (AvgIpc) is 2.48. The molecule has 0 aliphatic rings. The van der Waals surface area contributed by atoms with Gasteiger partial charge in [0.15, 0.2) is 0 Å². The van der Waals surface area contributed by atoms with Crippen LogP contribution in [0.25, 0.3) is 11.1 Å². The molecular weight excluding hydrogens is 248 g/mol. The van der Waals surface area contributed by atoms with Gasteiger partial charge >= 0.3 is 5.97 Å². The van der Waals surface area contributed by atoms with E-state index in [-0.39, 0.29) is 5.92 Å². The Hall–Kier alpha value is -2.09. The summed E-state index contributed by atoms with van der Waals surface area (Å²) in [4.78, 5) is 11.2. The number of carboxylic acid groups (broad SMARTS) is 1. The molecule has 1 atom stereocenters. The number of carbonyl (C=O) groups is 1. The number of rotatable bonds is 6. The van der Waals surface area contributed by atoms with Gasteiger partial charge in [-0.2, -0.15) is 0 Å². The minimum Gasteiger partial charge on any atom is -0.481 e. The van der Waals surface area contributed by atoms with Gasteiger partial charge in [-0.15, -0.1) is 0 Å². The van der Waals surface area contributed by atoms with Crippen LogP contribution in [0.3, 0.4) is 0 Å². The molecule has 0 radical (unpaired) electrons. The van der Waals surface area contributed by atoms with Gasteiger partial charge in [-0.1, -0.05) is 67.9 Å². The third kappa shape index (κ3) is 3.70. The van der Waals surface area contributed by atoms with E-state index in [0.29, 0.717) is 6.42 Å². The van der Waals surface area contributed by atoms with Crippen LogP contribution in [-0.4, -0.2) is 11.1 Å². The molecule has 2 heteroatoms. The Kier molecular flexibility index (Phi) is 4.94. The maximum Gasteiger partial charge on any atom is 0.306 e. The topological polar surface area (TPSA) is 37.3 Å². The molecule has 0 spiro atoms. The van der Waals surface area contributed by atoms with Crippen molar-refractivity contribution >= 4 is 5.97 Å². The highest BCUT2D eigenvalue weighted by molar-refractivity contribution is 5.70. The van der Waals surface area contributed by atoms with Crippen LogP contribution in [0.5, 0.6) is 0 Å². The fourth-order valence-electron chi connectivity index (χ4n) is 2.45. The zero-order valence-electron chi connectivity index (χ0n) is 11.8. The molecule has 1 N–H and O–H groups in total. The Labute approximate surface area is 120 Å². The molecule has 2 aromatic rings. The molecule has 104 valence electrons.